The van der Waals surface area contributed by atoms with Gasteiger partial charge >= 0.3 is 0 Å². The molecule has 0 nitrogen and oxygen atoms in total. The van der Waals surface area contributed by atoms with Crippen molar-refractivity contribution in [1.82, 2.24) is 0 Å². The molecule has 0 heteroatoms. The molecule has 0 heterocycles. The molecule has 0 aromatic heterocycles. The molecule has 0 N–H and O–H groups in total. The maximum absolute atomic E-state index is 3.97. The predicted octanol–water partition coefficient (Wildman–Crippen LogP) is 6.63. The van der Waals surface area contributed by atoms with E-state index in [1.54, 1.807) is 11.5 Å². The third kappa shape index (κ3) is 4.50. The van der Waals surface area contributed by atoms with Crippen molar-refractivity contribution in [3.05, 3.63) is 30.2 Å². The minimum absolute atomic E-state index is 0.862. The maximum atomic E-state index is 3.97. The summed E-state index contributed by atoms with van der Waals surface area (Å²) < 4.78 is 0. The molecule has 0 atom stereocenters. The first-order chi connectivity index (χ1) is 9.85. The molecule has 0 bridgehead atoms. The molecular weight excluding hydrogens is 240 g/mol. The highest BCUT2D eigenvalue weighted by Crippen LogP contribution is 2.39. The van der Waals surface area contributed by atoms with E-state index in [0.717, 1.165) is 18.3 Å². The Bertz CT molecular complexity index is 300. The van der Waals surface area contributed by atoms with Gasteiger partial charge in [-0.3, -0.25) is 0 Å². The van der Waals surface area contributed by atoms with Gasteiger partial charge in [-0.1, -0.05) is 63.2 Å². The average Bonchev–Trinajstić information content (AvgIpc) is 2.52. The number of allylic oxidation sites excluding steroid dienone is 3. The summed E-state index contributed by atoms with van der Waals surface area (Å²) in [5.74, 6) is 3.41. The Morgan fingerprint density at radius 2 is 1.55 bits per heavy atom. The second kappa shape index (κ2) is 8.70. The first kappa shape index (κ1) is 15.9. The van der Waals surface area contributed by atoms with Crippen LogP contribution >= 0.6 is 0 Å². The monoisotopic (exact) mass is 273 g/mol. The van der Waals surface area contributed by atoms with Gasteiger partial charge in [-0.25, -0.2) is 0 Å². The summed E-state index contributed by atoms with van der Waals surface area (Å²) in [4.78, 5) is 0. The second-order valence-electron chi connectivity index (χ2n) is 6.80. The Balaban J connectivity index is 2.11. The molecule has 0 unspecified atom stereocenters. The zero-order valence-corrected chi connectivity index (χ0v) is 13.5. The van der Waals surface area contributed by atoms with Crippen LogP contribution in [0.15, 0.2) is 24.3 Å². The zero-order chi connectivity index (χ0) is 14.2. The van der Waals surface area contributed by atoms with E-state index < -0.39 is 0 Å². The highest BCUT2D eigenvalue weighted by atomic mass is 14.3. The van der Waals surface area contributed by atoms with Crippen LogP contribution in [0.1, 0.15) is 84.0 Å². The molecule has 20 heavy (non-hydrogen) atoms. The molecule has 2 aliphatic carbocycles. The molecule has 113 valence electrons. The minimum Gasteiger partial charge on any atom is -0.103 e. The van der Waals surface area contributed by atoms with Crippen LogP contribution in [-0.4, -0.2) is 0 Å². The quantitative estimate of drug-likeness (QED) is 0.476. The van der Waals surface area contributed by atoms with Gasteiger partial charge in [-0.15, -0.1) is 6.58 Å². The van der Waals surface area contributed by atoms with Crippen LogP contribution in [-0.2, 0) is 0 Å². The molecular formula is C20H33. The first-order valence-corrected chi connectivity index (χ1v) is 9.02. The summed E-state index contributed by atoms with van der Waals surface area (Å²) >= 11 is 0. The fraction of sp³-hybridized carbons (Fsp3) is 0.750. The van der Waals surface area contributed by atoms with Crippen LogP contribution in [0.3, 0.4) is 0 Å². The highest BCUT2D eigenvalue weighted by molar-refractivity contribution is 5.29. The fourth-order valence-corrected chi connectivity index (χ4v) is 4.15. The van der Waals surface area contributed by atoms with Crippen LogP contribution in [0, 0.1) is 17.8 Å². The fourth-order valence-electron chi connectivity index (χ4n) is 4.15. The number of hydrogen-bond donors (Lipinski definition) is 0. The van der Waals surface area contributed by atoms with E-state index in [4.69, 9.17) is 0 Å². The lowest BCUT2D eigenvalue weighted by Crippen LogP contribution is -2.17. The maximum Gasteiger partial charge on any atom is 0.00430 e. The molecule has 2 aliphatic rings. The topological polar surface area (TPSA) is 0 Å². The van der Waals surface area contributed by atoms with E-state index in [0.29, 0.717) is 0 Å². The summed E-state index contributed by atoms with van der Waals surface area (Å²) in [7, 11) is 0. The largest absolute Gasteiger partial charge is 0.103 e. The lowest BCUT2D eigenvalue weighted by atomic mass is 9.74. The third-order valence-electron chi connectivity index (χ3n) is 5.34. The molecule has 2 rings (SSSR count). The molecule has 2 fully saturated rings. The van der Waals surface area contributed by atoms with E-state index in [-0.39, 0.29) is 0 Å². The molecule has 0 saturated heterocycles. The molecule has 0 spiro atoms. The van der Waals surface area contributed by atoms with E-state index in [1.807, 2.05) is 0 Å². The lowest BCUT2D eigenvalue weighted by Gasteiger charge is -2.31. The SMILES string of the molecule is C=CC[C](CC)C(=CC1CCCCC1)C1CCCCC1. The van der Waals surface area contributed by atoms with Gasteiger partial charge in [0.2, 0.25) is 0 Å². The van der Waals surface area contributed by atoms with Gasteiger partial charge in [0.1, 0.15) is 0 Å². The van der Waals surface area contributed by atoms with Crippen molar-refractivity contribution in [2.75, 3.05) is 0 Å². The van der Waals surface area contributed by atoms with Gasteiger partial charge in [0.25, 0.3) is 0 Å². The lowest BCUT2D eigenvalue weighted by molar-refractivity contribution is 0.382. The van der Waals surface area contributed by atoms with Gasteiger partial charge in [0.05, 0.1) is 0 Å². The molecule has 0 amide bonds. The standard InChI is InChI=1S/C20H33/c1-3-11-18(4-2)20(19-14-9-6-10-15-19)16-17-12-7-5-8-13-17/h3,16-17,19H,1,4-15H2,2H3. The van der Waals surface area contributed by atoms with Crippen molar-refractivity contribution in [2.45, 2.75) is 84.0 Å². The van der Waals surface area contributed by atoms with E-state index in [1.165, 1.54) is 70.6 Å². The predicted molar refractivity (Wildman–Crippen MR) is 89.6 cm³/mol. The summed E-state index contributed by atoms with van der Waals surface area (Å²) in [6.07, 6.45) is 21.5. The normalized spacial score (nSPS) is 23.2. The van der Waals surface area contributed by atoms with Crippen molar-refractivity contribution < 1.29 is 0 Å². The zero-order valence-electron chi connectivity index (χ0n) is 13.5. The van der Waals surface area contributed by atoms with Gasteiger partial charge < -0.3 is 0 Å². The summed E-state index contributed by atoms with van der Waals surface area (Å²) in [6, 6.07) is 0. The van der Waals surface area contributed by atoms with Crippen molar-refractivity contribution in [3.63, 3.8) is 0 Å². The average molecular weight is 273 g/mol. The molecule has 1 radical (unpaired) electrons. The second-order valence-corrected chi connectivity index (χ2v) is 6.80. The molecule has 2 saturated carbocycles. The molecule has 0 aromatic carbocycles. The Kier molecular flexibility index (Phi) is 6.90. The number of hydrogen-bond acceptors (Lipinski definition) is 0. The van der Waals surface area contributed by atoms with Crippen LogP contribution < -0.4 is 0 Å². The van der Waals surface area contributed by atoms with Crippen LogP contribution in [0.5, 0.6) is 0 Å². The van der Waals surface area contributed by atoms with E-state index >= 15 is 0 Å². The third-order valence-corrected chi connectivity index (χ3v) is 5.34. The smallest absolute Gasteiger partial charge is 0.00430 e. The van der Waals surface area contributed by atoms with Crippen LogP contribution in [0.4, 0.5) is 0 Å². The van der Waals surface area contributed by atoms with Gasteiger partial charge in [0, 0.05) is 5.92 Å². The van der Waals surface area contributed by atoms with Crippen molar-refractivity contribution in [2.24, 2.45) is 11.8 Å². The van der Waals surface area contributed by atoms with E-state index in [9.17, 15) is 0 Å². The van der Waals surface area contributed by atoms with Crippen molar-refractivity contribution in [1.29, 1.82) is 0 Å². The molecule has 0 aromatic rings. The van der Waals surface area contributed by atoms with Gasteiger partial charge in [-0.05, 0) is 50.4 Å². The van der Waals surface area contributed by atoms with Gasteiger partial charge in [-0.2, -0.15) is 0 Å². The van der Waals surface area contributed by atoms with Crippen molar-refractivity contribution >= 4 is 0 Å². The molecule has 0 aliphatic heterocycles. The Morgan fingerprint density at radius 3 is 2.10 bits per heavy atom. The van der Waals surface area contributed by atoms with Crippen LogP contribution in [0.25, 0.3) is 0 Å². The summed E-state index contributed by atoms with van der Waals surface area (Å²) in [6.45, 7) is 6.30. The van der Waals surface area contributed by atoms with Crippen LogP contribution in [0.2, 0.25) is 0 Å². The summed E-state index contributed by atoms with van der Waals surface area (Å²) in [5.41, 5.74) is 1.75. The summed E-state index contributed by atoms with van der Waals surface area (Å²) in [5, 5.41) is 0. The minimum atomic E-state index is 0.862. The Hall–Kier alpha value is -0.520. The van der Waals surface area contributed by atoms with Gasteiger partial charge in [0.15, 0.2) is 0 Å². The van der Waals surface area contributed by atoms with Crippen molar-refractivity contribution in [3.8, 4) is 0 Å². The number of rotatable bonds is 6. The van der Waals surface area contributed by atoms with E-state index in [2.05, 4.69) is 25.7 Å². The Morgan fingerprint density at radius 1 is 0.950 bits per heavy atom. The highest BCUT2D eigenvalue weighted by Gasteiger charge is 2.25. The first-order valence-electron chi connectivity index (χ1n) is 9.02. The Labute approximate surface area is 126 Å².